The van der Waals surface area contributed by atoms with E-state index < -0.39 is 0 Å². The maximum atomic E-state index is 5.81. The van der Waals surface area contributed by atoms with Crippen LogP contribution in [0.2, 0.25) is 5.02 Å². The Labute approximate surface area is 85.7 Å². The predicted octanol–water partition coefficient (Wildman–Crippen LogP) is 1.87. The zero-order valence-electron chi connectivity index (χ0n) is 7.49. The van der Waals surface area contributed by atoms with Crippen LogP contribution in [0.3, 0.4) is 0 Å². The number of nitrogens with two attached hydrogens (primary N) is 1. The summed E-state index contributed by atoms with van der Waals surface area (Å²) in [6.07, 6.45) is 1.51. The van der Waals surface area contributed by atoms with Gasteiger partial charge in [0.05, 0.1) is 23.3 Å². The molecule has 0 radical (unpaired) electrons. The van der Waals surface area contributed by atoms with E-state index in [-0.39, 0.29) is 0 Å². The van der Waals surface area contributed by atoms with Gasteiger partial charge in [0, 0.05) is 12.3 Å². The molecule has 0 aliphatic carbocycles. The van der Waals surface area contributed by atoms with Gasteiger partial charge in [-0.1, -0.05) is 11.6 Å². The number of aromatic nitrogens is 2. The van der Waals surface area contributed by atoms with Gasteiger partial charge in [0.25, 0.3) is 0 Å². The molecule has 4 nitrogen and oxygen atoms in total. The lowest BCUT2D eigenvalue weighted by Gasteiger charge is -2.04. The van der Waals surface area contributed by atoms with E-state index in [2.05, 4.69) is 9.97 Å². The summed E-state index contributed by atoms with van der Waals surface area (Å²) in [6, 6.07) is 3.51. The van der Waals surface area contributed by atoms with Crippen LogP contribution < -0.4 is 10.5 Å². The molecule has 0 spiro atoms. The molecule has 0 amide bonds. The lowest BCUT2D eigenvalue weighted by atomic mass is 10.3. The Hall–Kier alpha value is -1.55. The molecule has 0 unspecified atom stereocenters. The largest absolute Gasteiger partial charge is 0.481 e. The third-order valence-corrected chi connectivity index (χ3v) is 2.19. The molecule has 0 atom stereocenters. The fourth-order valence-electron chi connectivity index (χ4n) is 1.16. The van der Waals surface area contributed by atoms with Crippen LogP contribution in [-0.2, 0) is 0 Å². The van der Waals surface area contributed by atoms with Gasteiger partial charge in [0.2, 0.25) is 5.88 Å². The molecule has 2 heterocycles. The summed E-state index contributed by atoms with van der Waals surface area (Å²) >= 11 is 5.81. The molecule has 0 bridgehead atoms. The fourth-order valence-corrected chi connectivity index (χ4v) is 1.30. The summed E-state index contributed by atoms with van der Waals surface area (Å²) in [7, 11) is 1.54. The number of anilines is 1. The first kappa shape index (κ1) is 9.02. The van der Waals surface area contributed by atoms with Gasteiger partial charge in [0.1, 0.15) is 5.52 Å². The van der Waals surface area contributed by atoms with Crippen LogP contribution in [0.4, 0.5) is 5.69 Å². The molecule has 5 heteroatoms. The van der Waals surface area contributed by atoms with Gasteiger partial charge in [-0.25, -0.2) is 4.98 Å². The van der Waals surface area contributed by atoms with E-state index >= 15 is 0 Å². The first-order chi connectivity index (χ1) is 6.72. The topological polar surface area (TPSA) is 61.0 Å². The SMILES string of the molecule is COc1ccc2ncc(Cl)c(N)c2n1. The minimum absolute atomic E-state index is 0.401. The zero-order chi connectivity index (χ0) is 10.1. The molecule has 0 fully saturated rings. The number of nitrogen functional groups attached to an aromatic ring is 1. The number of hydrogen-bond acceptors (Lipinski definition) is 4. The monoisotopic (exact) mass is 209 g/mol. The molecule has 2 rings (SSSR count). The predicted molar refractivity (Wildman–Crippen MR) is 55.5 cm³/mol. The Morgan fingerprint density at radius 3 is 2.93 bits per heavy atom. The molecule has 72 valence electrons. The number of rotatable bonds is 1. The van der Waals surface area contributed by atoms with Crippen molar-refractivity contribution in [3.63, 3.8) is 0 Å². The van der Waals surface area contributed by atoms with E-state index in [1.807, 2.05) is 0 Å². The van der Waals surface area contributed by atoms with Crippen LogP contribution in [0.5, 0.6) is 5.88 Å². The first-order valence-electron chi connectivity index (χ1n) is 3.97. The van der Waals surface area contributed by atoms with Crippen molar-refractivity contribution in [1.29, 1.82) is 0 Å². The van der Waals surface area contributed by atoms with Gasteiger partial charge < -0.3 is 10.5 Å². The molecule has 14 heavy (non-hydrogen) atoms. The quantitative estimate of drug-likeness (QED) is 0.779. The standard InChI is InChI=1S/C9H8ClN3O/c1-14-7-3-2-6-9(13-7)8(11)5(10)4-12-6/h2-4H,1H3,(H2,11,12). The highest BCUT2D eigenvalue weighted by Gasteiger charge is 2.06. The Kier molecular flexibility index (Phi) is 2.13. The van der Waals surface area contributed by atoms with Crippen LogP contribution >= 0.6 is 11.6 Å². The molecule has 0 saturated carbocycles. The molecular formula is C9H8ClN3O. The highest BCUT2D eigenvalue weighted by Crippen LogP contribution is 2.26. The fraction of sp³-hybridized carbons (Fsp3) is 0.111. The summed E-state index contributed by atoms with van der Waals surface area (Å²) in [5.41, 5.74) is 7.45. The van der Waals surface area contributed by atoms with Crippen LogP contribution in [0.25, 0.3) is 11.0 Å². The highest BCUT2D eigenvalue weighted by molar-refractivity contribution is 6.34. The molecular weight excluding hydrogens is 202 g/mol. The smallest absolute Gasteiger partial charge is 0.213 e. The van der Waals surface area contributed by atoms with Crippen LogP contribution in [-0.4, -0.2) is 17.1 Å². The average Bonchev–Trinajstić information content (AvgIpc) is 2.23. The first-order valence-corrected chi connectivity index (χ1v) is 4.35. The van der Waals surface area contributed by atoms with Crippen molar-refractivity contribution in [2.75, 3.05) is 12.8 Å². The van der Waals surface area contributed by atoms with Crippen molar-refractivity contribution >= 4 is 28.3 Å². The Morgan fingerprint density at radius 2 is 2.21 bits per heavy atom. The van der Waals surface area contributed by atoms with E-state index in [1.54, 1.807) is 19.2 Å². The maximum absolute atomic E-state index is 5.81. The molecule has 0 aromatic carbocycles. The molecule has 0 saturated heterocycles. The van der Waals surface area contributed by atoms with Gasteiger partial charge in [-0.3, -0.25) is 4.98 Å². The number of pyridine rings is 2. The Bertz CT molecular complexity index is 487. The van der Waals surface area contributed by atoms with Gasteiger partial charge in [-0.05, 0) is 6.07 Å². The van der Waals surface area contributed by atoms with E-state index in [9.17, 15) is 0 Å². The van der Waals surface area contributed by atoms with Crippen molar-refractivity contribution in [3.8, 4) is 5.88 Å². The summed E-state index contributed by atoms with van der Waals surface area (Å²) < 4.78 is 4.98. The van der Waals surface area contributed by atoms with E-state index in [1.165, 1.54) is 6.20 Å². The average molecular weight is 210 g/mol. The number of methoxy groups -OCH3 is 1. The van der Waals surface area contributed by atoms with Gasteiger partial charge >= 0.3 is 0 Å². The molecule has 0 aliphatic heterocycles. The highest BCUT2D eigenvalue weighted by atomic mass is 35.5. The third kappa shape index (κ3) is 1.33. The number of ether oxygens (including phenoxy) is 1. The maximum Gasteiger partial charge on any atom is 0.213 e. The summed E-state index contributed by atoms with van der Waals surface area (Å²) in [5, 5.41) is 0.401. The molecule has 2 aromatic rings. The summed E-state index contributed by atoms with van der Waals surface area (Å²) in [5.74, 6) is 0.494. The summed E-state index contributed by atoms with van der Waals surface area (Å²) in [4.78, 5) is 8.25. The minimum Gasteiger partial charge on any atom is -0.481 e. The minimum atomic E-state index is 0.401. The Morgan fingerprint density at radius 1 is 1.43 bits per heavy atom. The normalized spacial score (nSPS) is 10.4. The van der Waals surface area contributed by atoms with Crippen LogP contribution in [0.1, 0.15) is 0 Å². The third-order valence-electron chi connectivity index (χ3n) is 1.89. The molecule has 0 aliphatic rings. The van der Waals surface area contributed by atoms with Gasteiger partial charge in [-0.15, -0.1) is 0 Å². The molecule has 2 N–H and O–H groups in total. The van der Waals surface area contributed by atoms with Gasteiger partial charge in [0.15, 0.2) is 0 Å². The van der Waals surface area contributed by atoms with Crippen molar-refractivity contribution in [3.05, 3.63) is 23.4 Å². The van der Waals surface area contributed by atoms with Crippen LogP contribution in [0.15, 0.2) is 18.3 Å². The van der Waals surface area contributed by atoms with Crippen molar-refractivity contribution < 1.29 is 4.74 Å². The van der Waals surface area contributed by atoms with Crippen molar-refractivity contribution in [1.82, 2.24) is 9.97 Å². The van der Waals surface area contributed by atoms with Gasteiger partial charge in [-0.2, -0.15) is 0 Å². The van der Waals surface area contributed by atoms with Crippen molar-refractivity contribution in [2.45, 2.75) is 0 Å². The number of hydrogen-bond donors (Lipinski definition) is 1. The molecule has 2 aromatic heterocycles. The lowest BCUT2D eigenvalue weighted by Crippen LogP contribution is -1.95. The number of fused-ring (bicyclic) bond motifs is 1. The lowest BCUT2D eigenvalue weighted by molar-refractivity contribution is 0.399. The van der Waals surface area contributed by atoms with Crippen LogP contribution in [0, 0.1) is 0 Å². The Balaban J connectivity index is 2.78. The summed E-state index contributed by atoms with van der Waals surface area (Å²) in [6.45, 7) is 0. The number of nitrogens with zero attached hydrogens (tertiary/aromatic N) is 2. The second-order valence-corrected chi connectivity index (χ2v) is 3.15. The van der Waals surface area contributed by atoms with E-state index in [4.69, 9.17) is 22.1 Å². The van der Waals surface area contributed by atoms with E-state index in [0.717, 1.165) is 0 Å². The zero-order valence-corrected chi connectivity index (χ0v) is 8.25. The second-order valence-electron chi connectivity index (χ2n) is 2.74. The van der Waals surface area contributed by atoms with E-state index in [0.29, 0.717) is 27.6 Å². The van der Waals surface area contributed by atoms with Crippen molar-refractivity contribution in [2.24, 2.45) is 0 Å². The second kappa shape index (κ2) is 3.31. The number of halogens is 1.